The molecule has 0 aliphatic heterocycles. The van der Waals surface area contributed by atoms with Crippen molar-refractivity contribution < 1.29 is 23.7 Å². The number of hydrogen-bond acceptors (Lipinski definition) is 6. The zero-order valence-electron chi connectivity index (χ0n) is 19.6. The predicted octanol–water partition coefficient (Wildman–Crippen LogP) is 5.06. The molecule has 1 heterocycles. The number of alkyl halides is 2. The van der Waals surface area contributed by atoms with Crippen molar-refractivity contribution in [1.82, 2.24) is 10.3 Å². The van der Waals surface area contributed by atoms with Crippen molar-refractivity contribution in [3.8, 4) is 23.0 Å². The molecule has 0 bridgehead atoms. The summed E-state index contributed by atoms with van der Waals surface area (Å²) in [6.07, 6.45) is 2.05. The lowest BCUT2D eigenvalue weighted by molar-refractivity contribution is -0.126. The number of pyridine rings is 1. The molecule has 1 N–H and O–H groups in total. The Balaban J connectivity index is 1.88. The Morgan fingerprint density at radius 1 is 0.941 bits per heavy atom. The van der Waals surface area contributed by atoms with Crippen LogP contribution in [-0.2, 0) is 4.79 Å². The van der Waals surface area contributed by atoms with Crippen molar-refractivity contribution in [2.75, 3.05) is 28.4 Å². The number of aromatic nitrogens is 1. The largest absolute Gasteiger partial charge is 0.493 e. The molecule has 1 aromatic heterocycles. The van der Waals surface area contributed by atoms with Crippen molar-refractivity contribution in [1.29, 1.82) is 0 Å². The van der Waals surface area contributed by atoms with Crippen LogP contribution in [-0.4, -0.2) is 43.7 Å². The molecule has 34 heavy (non-hydrogen) atoms. The Labute approximate surface area is 208 Å². The summed E-state index contributed by atoms with van der Waals surface area (Å²) in [7, 11) is 6.28. The average molecular weight is 505 g/mol. The fraction of sp³-hybridized carbons (Fsp3) is 0.360. The number of fused-ring (bicyclic) bond motifs is 1. The molecule has 0 radical (unpaired) electrons. The first-order valence-corrected chi connectivity index (χ1v) is 11.4. The van der Waals surface area contributed by atoms with Crippen molar-refractivity contribution in [2.24, 2.45) is 5.41 Å². The molecule has 1 fully saturated rings. The summed E-state index contributed by atoms with van der Waals surface area (Å²) in [4.78, 5) is 18.0. The molecule has 4 rings (SSSR count). The quantitative estimate of drug-likeness (QED) is 0.432. The fourth-order valence-electron chi connectivity index (χ4n) is 4.03. The topological polar surface area (TPSA) is 78.9 Å². The number of hydrogen-bond donors (Lipinski definition) is 1. The van der Waals surface area contributed by atoms with E-state index in [9.17, 15) is 4.79 Å². The number of nitrogens with one attached hydrogen (secondary N) is 1. The van der Waals surface area contributed by atoms with Crippen LogP contribution in [0.1, 0.15) is 30.6 Å². The molecule has 7 nitrogen and oxygen atoms in total. The maximum atomic E-state index is 13.3. The van der Waals surface area contributed by atoms with Gasteiger partial charge >= 0.3 is 0 Å². The van der Waals surface area contributed by atoms with E-state index in [1.807, 2.05) is 30.3 Å². The molecule has 2 atom stereocenters. The van der Waals surface area contributed by atoms with E-state index in [-0.39, 0.29) is 5.91 Å². The van der Waals surface area contributed by atoms with Gasteiger partial charge in [0.2, 0.25) is 5.91 Å². The smallest absolute Gasteiger partial charge is 0.229 e. The molecule has 180 valence electrons. The summed E-state index contributed by atoms with van der Waals surface area (Å²) in [6, 6.07) is 10.4. The highest BCUT2D eigenvalue weighted by molar-refractivity contribution is 6.53. The number of amides is 1. The fourth-order valence-corrected chi connectivity index (χ4v) is 4.74. The Hall–Kier alpha value is -2.90. The maximum Gasteiger partial charge on any atom is 0.229 e. The molecule has 1 aliphatic rings. The van der Waals surface area contributed by atoms with Crippen LogP contribution in [0.3, 0.4) is 0 Å². The van der Waals surface area contributed by atoms with Crippen molar-refractivity contribution in [2.45, 2.75) is 23.7 Å². The molecule has 1 amide bonds. The highest BCUT2D eigenvalue weighted by Crippen LogP contribution is 2.64. The molecule has 1 aliphatic carbocycles. The van der Waals surface area contributed by atoms with E-state index < -0.39 is 15.8 Å². The minimum atomic E-state index is -1.11. The second-order valence-corrected chi connectivity index (χ2v) is 9.84. The SMILES string of the molecule is COc1ccc([C@H](NC(=O)[C@@]2(C)CC2(Cl)Cl)c2nccc3cc(OC)c(OC)cc23)cc1OC. The molecule has 2 aromatic carbocycles. The zero-order chi connectivity index (χ0) is 24.7. The van der Waals surface area contributed by atoms with Gasteiger partial charge in [-0.05, 0) is 54.6 Å². The number of carbonyl (C=O) groups excluding carboxylic acids is 1. The summed E-state index contributed by atoms with van der Waals surface area (Å²) < 4.78 is 20.7. The number of methoxy groups -OCH3 is 4. The minimum absolute atomic E-state index is 0.267. The first kappa shape index (κ1) is 24.2. The third-order valence-corrected chi connectivity index (χ3v) is 7.45. The lowest BCUT2D eigenvalue weighted by atomic mass is 9.96. The lowest BCUT2D eigenvalue weighted by Crippen LogP contribution is -2.37. The summed E-state index contributed by atoms with van der Waals surface area (Å²) in [5.74, 6) is 1.98. The monoisotopic (exact) mass is 504 g/mol. The van der Waals surface area contributed by atoms with Crippen LogP contribution in [0.15, 0.2) is 42.6 Å². The van der Waals surface area contributed by atoms with E-state index in [4.69, 9.17) is 42.1 Å². The van der Waals surface area contributed by atoms with Gasteiger partial charge in [0.1, 0.15) is 4.33 Å². The van der Waals surface area contributed by atoms with E-state index >= 15 is 0 Å². The number of nitrogens with zero attached hydrogens (tertiary/aromatic N) is 1. The van der Waals surface area contributed by atoms with Gasteiger partial charge in [-0.25, -0.2) is 0 Å². The van der Waals surface area contributed by atoms with Gasteiger partial charge in [0.25, 0.3) is 0 Å². The molecular weight excluding hydrogens is 479 g/mol. The molecule has 9 heteroatoms. The number of ether oxygens (including phenoxy) is 4. The molecular formula is C25H26Cl2N2O5. The van der Waals surface area contributed by atoms with E-state index in [1.165, 1.54) is 0 Å². The normalized spacial score (nSPS) is 19.3. The van der Waals surface area contributed by atoms with Crippen LogP contribution in [0.5, 0.6) is 23.0 Å². The Bertz CT molecular complexity index is 1250. The van der Waals surface area contributed by atoms with Crippen molar-refractivity contribution in [3.63, 3.8) is 0 Å². The molecule has 0 unspecified atom stereocenters. The number of rotatable bonds is 8. The second kappa shape index (κ2) is 9.04. The molecule has 3 aromatic rings. The summed E-state index contributed by atoms with van der Waals surface area (Å²) >= 11 is 12.6. The van der Waals surface area contributed by atoms with Gasteiger partial charge in [0.05, 0.1) is 45.6 Å². The van der Waals surface area contributed by atoms with Gasteiger partial charge in [-0.3, -0.25) is 9.78 Å². The Morgan fingerprint density at radius 2 is 1.53 bits per heavy atom. The third kappa shape index (κ3) is 4.07. The van der Waals surface area contributed by atoms with Crippen LogP contribution < -0.4 is 24.3 Å². The van der Waals surface area contributed by atoms with Crippen LogP contribution in [0.25, 0.3) is 10.8 Å². The lowest BCUT2D eigenvalue weighted by Gasteiger charge is -2.24. The minimum Gasteiger partial charge on any atom is -0.493 e. The molecule has 1 saturated carbocycles. The number of halogens is 2. The van der Waals surface area contributed by atoms with Gasteiger partial charge in [-0.15, -0.1) is 23.2 Å². The first-order chi connectivity index (χ1) is 16.2. The van der Waals surface area contributed by atoms with Gasteiger partial charge in [-0.2, -0.15) is 0 Å². The van der Waals surface area contributed by atoms with Gasteiger partial charge < -0.3 is 24.3 Å². The second-order valence-electron chi connectivity index (χ2n) is 8.36. The summed E-state index contributed by atoms with van der Waals surface area (Å²) in [5.41, 5.74) is 0.467. The maximum absolute atomic E-state index is 13.3. The van der Waals surface area contributed by atoms with Gasteiger partial charge in [-0.1, -0.05) is 6.07 Å². The van der Waals surface area contributed by atoms with E-state index in [0.717, 1.165) is 16.3 Å². The first-order valence-electron chi connectivity index (χ1n) is 10.6. The number of benzene rings is 2. The predicted molar refractivity (Wildman–Crippen MR) is 132 cm³/mol. The molecule has 0 spiro atoms. The van der Waals surface area contributed by atoms with Crippen LogP contribution >= 0.6 is 23.2 Å². The Morgan fingerprint density at radius 3 is 2.12 bits per heavy atom. The van der Waals surface area contributed by atoms with Crippen molar-refractivity contribution in [3.05, 3.63) is 53.9 Å². The van der Waals surface area contributed by atoms with Gasteiger partial charge in [0, 0.05) is 11.6 Å². The van der Waals surface area contributed by atoms with E-state index in [1.54, 1.807) is 47.6 Å². The summed E-state index contributed by atoms with van der Waals surface area (Å²) in [5, 5.41) is 4.79. The van der Waals surface area contributed by atoms with Crippen LogP contribution in [0.4, 0.5) is 0 Å². The Kier molecular flexibility index (Phi) is 6.44. The van der Waals surface area contributed by atoms with Crippen molar-refractivity contribution >= 4 is 39.9 Å². The third-order valence-electron chi connectivity index (χ3n) is 6.35. The highest BCUT2D eigenvalue weighted by atomic mass is 35.5. The number of carbonyl (C=O) groups is 1. The van der Waals surface area contributed by atoms with Crippen LogP contribution in [0, 0.1) is 5.41 Å². The molecule has 0 saturated heterocycles. The zero-order valence-corrected chi connectivity index (χ0v) is 21.1. The van der Waals surface area contributed by atoms with E-state index in [2.05, 4.69) is 10.3 Å². The summed E-state index contributed by atoms with van der Waals surface area (Å²) in [6.45, 7) is 1.75. The highest BCUT2D eigenvalue weighted by Gasteiger charge is 2.68. The average Bonchev–Trinajstić information content (AvgIpc) is 3.38. The van der Waals surface area contributed by atoms with Gasteiger partial charge in [0.15, 0.2) is 23.0 Å². The van der Waals surface area contributed by atoms with Crippen LogP contribution in [0.2, 0.25) is 0 Å². The van der Waals surface area contributed by atoms with E-state index in [0.29, 0.717) is 35.1 Å². The standard InChI is InChI=1S/C25H26Cl2N2O5/c1-24(13-25(24,26)27)23(30)29-21(15-6-7-17(31-2)18(11-15)32-3)22-16-12-20(34-5)19(33-4)10-14(16)8-9-28-22/h6-12,21H,13H2,1-5H3,(H,29,30)/t21-,24+/m0/s1.